The van der Waals surface area contributed by atoms with Crippen LogP contribution >= 0.6 is 11.6 Å². The van der Waals surface area contributed by atoms with E-state index in [1.165, 1.54) is 19.2 Å². The number of amides is 1. The van der Waals surface area contributed by atoms with Gasteiger partial charge in [-0.1, -0.05) is 0 Å². The molecule has 0 radical (unpaired) electrons. The predicted molar refractivity (Wildman–Crippen MR) is 67.0 cm³/mol. The number of halogens is 4. The fraction of sp³-hybridized carbons (Fsp3) is 0.417. The van der Waals surface area contributed by atoms with Gasteiger partial charge in [0.25, 0.3) is 5.91 Å². The molecule has 8 heteroatoms. The molecule has 20 heavy (non-hydrogen) atoms. The predicted octanol–water partition coefficient (Wildman–Crippen LogP) is 2.57. The average Bonchev–Trinajstić information content (AvgIpc) is 2.37. The molecule has 1 N–H and O–H groups in total. The van der Waals surface area contributed by atoms with Crippen molar-refractivity contribution in [1.82, 2.24) is 5.32 Å². The van der Waals surface area contributed by atoms with E-state index in [1.54, 1.807) is 0 Å². The zero-order valence-electron chi connectivity index (χ0n) is 10.5. The molecule has 1 rings (SSSR count). The molecule has 0 heterocycles. The van der Waals surface area contributed by atoms with Gasteiger partial charge in [-0.25, -0.2) is 0 Å². The highest BCUT2D eigenvalue weighted by molar-refractivity contribution is 6.18. The van der Waals surface area contributed by atoms with Crippen LogP contribution in [0, 0.1) is 0 Å². The van der Waals surface area contributed by atoms with E-state index in [0.29, 0.717) is 0 Å². The maximum Gasteiger partial charge on any atom is 0.573 e. The van der Waals surface area contributed by atoms with Crippen molar-refractivity contribution in [1.29, 1.82) is 0 Å². The van der Waals surface area contributed by atoms with Gasteiger partial charge in [0, 0.05) is 18.6 Å². The number of carbonyl (C=O) groups excluding carboxylic acids is 1. The Kier molecular flexibility index (Phi) is 6.09. The molecule has 0 saturated heterocycles. The monoisotopic (exact) mass is 311 g/mol. The minimum absolute atomic E-state index is 0.162. The first-order valence-electron chi connectivity index (χ1n) is 5.57. The van der Waals surface area contributed by atoms with Gasteiger partial charge in [0.15, 0.2) is 0 Å². The van der Waals surface area contributed by atoms with E-state index >= 15 is 0 Å². The van der Waals surface area contributed by atoms with Gasteiger partial charge < -0.3 is 14.8 Å². The second-order valence-corrected chi connectivity index (χ2v) is 4.16. The van der Waals surface area contributed by atoms with Gasteiger partial charge in [-0.2, -0.15) is 0 Å². The summed E-state index contributed by atoms with van der Waals surface area (Å²) in [6.07, 6.45) is -4.76. The summed E-state index contributed by atoms with van der Waals surface area (Å²) in [6, 6.07) is 4.21. The summed E-state index contributed by atoms with van der Waals surface area (Å²) in [5.41, 5.74) is 0.200. The molecule has 0 aliphatic carbocycles. The molecular formula is C12H13ClF3NO3. The summed E-state index contributed by atoms with van der Waals surface area (Å²) in [7, 11) is 1.47. The van der Waals surface area contributed by atoms with Gasteiger partial charge in [0.05, 0.1) is 12.6 Å². The fourth-order valence-electron chi connectivity index (χ4n) is 1.40. The molecule has 0 aromatic heterocycles. The minimum atomic E-state index is -4.76. The third-order valence-corrected chi connectivity index (χ3v) is 2.61. The van der Waals surface area contributed by atoms with Crippen LogP contribution in [0.25, 0.3) is 0 Å². The van der Waals surface area contributed by atoms with Gasteiger partial charge in [0.1, 0.15) is 5.75 Å². The zero-order chi connectivity index (χ0) is 15.2. The Balaban J connectivity index is 2.66. The van der Waals surface area contributed by atoms with Crippen LogP contribution in [0.5, 0.6) is 5.75 Å². The summed E-state index contributed by atoms with van der Waals surface area (Å²) in [5, 5.41) is 2.59. The third-order valence-electron chi connectivity index (χ3n) is 2.24. The Morgan fingerprint density at radius 1 is 1.35 bits per heavy atom. The Labute approximate surface area is 118 Å². The number of hydrogen-bond donors (Lipinski definition) is 1. The van der Waals surface area contributed by atoms with E-state index in [2.05, 4.69) is 10.1 Å². The largest absolute Gasteiger partial charge is 0.573 e. The first-order valence-corrected chi connectivity index (χ1v) is 6.10. The van der Waals surface area contributed by atoms with Crippen molar-refractivity contribution in [2.45, 2.75) is 12.4 Å². The molecule has 0 saturated carbocycles. The van der Waals surface area contributed by atoms with Crippen LogP contribution in [0.3, 0.4) is 0 Å². The van der Waals surface area contributed by atoms with Gasteiger partial charge in [-0.05, 0) is 24.3 Å². The first-order chi connectivity index (χ1) is 9.35. The van der Waals surface area contributed by atoms with E-state index < -0.39 is 12.3 Å². The highest BCUT2D eigenvalue weighted by atomic mass is 35.5. The number of methoxy groups -OCH3 is 1. The quantitative estimate of drug-likeness (QED) is 0.821. The fourth-order valence-corrected chi connectivity index (χ4v) is 1.57. The zero-order valence-corrected chi connectivity index (χ0v) is 11.3. The number of alkyl halides is 4. The van der Waals surface area contributed by atoms with Crippen molar-refractivity contribution < 1.29 is 27.4 Å². The van der Waals surface area contributed by atoms with Crippen LogP contribution < -0.4 is 10.1 Å². The molecule has 0 fully saturated rings. The van der Waals surface area contributed by atoms with E-state index in [0.717, 1.165) is 12.1 Å². The lowest BCUT2D eigenvalue weighted by Crippen LogP contribution is -2.39. The summed E-state index contributed by atoms with van der Waals surface area (Å²) >= 11 is 5.64. The van der Waals surface area contributed by atoms with Crippen LogP contribution in [0.2, 0.25) is 0 Å². The van der Waals surface area contributed by atoms with E-state index in [9.17, 15) is 18.0 Å². The van der Waals surface area contributed by atoms with Gasteiger partial charge in [-0.3, -0.25) is 4.79 Å². The lowest BCUT2D eigenvalue weighted by molar-refractivity contribution is -0.274. The molecule has 0 aliphatic rings. The molecular weight excluding hydrogens is 299 g/mol. The highest BCUT2D eigenvalue weighted by Crippen LogP contribution is 2.22. The molecule has 0 spiro atoms. The Hall–Kier alpha value is -1.47. The number of ether oxygens (including phenoxy) is 2. The van der Waals surface area contributed by atoms with Crippen molar-refractivity contribution >= 4 is 17.5 Å². The standard InChI is InChI=1S/C12H13ClF3NO3/c1-19-7-9(6-13)17-11(18)8-2-4-10(5-3-8)20-12(14,15)16/h2-5,9H,6-7H2,1H3,(H,17,18). The molecule has 1 unspecified atom stereocenters. The summed E-state index contributed by atoms with van der Waals surface area (Å²) in [5.74, 6) is -0.680. The molecule has 1 amide bonds. The second-order valence-electron chi connectivity index (χ2n) is 3.85. The van der Waals surface area contributed by atoms with Gasteiger partial charge in [0.2, 0.25) is 0 Å². The number of nitrogens with one attached hydrogen (secondary N) is 1. The van der Waals surface area contributed by atoms with Crippen LogP contribution in [0.15, 0.2) is 24.3 Å². The van der Waals surface area contributed by atoms with Gasteiger partial charge >= 0.3 is 6.36 Å². The Morgan fingerprint density at radius 2 is 1.95 bits per heavy atom. The topological polar surface area (TPSA) is 47.6 Å². The SMILES string of the molecule is COCC(CCl)NC(=O)c1ccc(OC(F)(F)F)cc1. The van der Waals surface area contributed by atoms with Crippen LogP contribution in [-0.2, 0) is 4.74 Å². The molecule has 1 aromatic carbocycles. The minimum Gasteiger partial charge on any atom is -0.406 e. The van der Waals surface area contributed by atoms with E-state index in [1.807, 2.05) is 0 Å². The number of hydrogen-bond acceptors (Lipinski definition) is 3. The number of rotatable bonds is 6. The number of carbonyl (C=O) groups is 1. The van der Waals surface area contributed by atoms with Crippen LogP contribution in [-0.4, -0.2) is 37.9 Å². The Bertz CT molecular complexity index is 437. The van der Waals surface area contributed by atoms with Crippen LogP contribution in [0.1, 0.15) is 10.4 Å². The Morgan fingerprint density at radius 3 is 2.40 bits per heavy atom. The number of benzene rings is 1. The van der Waals surface area contributed by atoms with Crippen molar-refractivity contribution in [3.05, 3.63) is 29.8 Å². The van der Waals surface area contributed by atoms with Crippen molar-refractivity contribution in [2.75, 3.05) is 19.6 Å². The molecule has 0 aliphatic heterocycles. The van der Waals surface area contributed by atoms with E-state index in [-0.39, 0.29) is 29.8 Å². The second kappa shape index (κ2) is 7.35. The summed E-state index contributed by atoms with van der Waals surface area (Å²) < 4.78 is 44.5. The van der Waals surface area contributed by atoms with Crippen molar-refractivity contribution in [3.8, 4) is 5.75 Å². The smallest absolute Gasteiger partial charge is 0.406 e. The molecule has 0 bridgehead atoms. The molecule has 1 aromatic rings. The highest BCUT2D eigenvalue weighted by Gasteiger charge is 2.31. The maximum absolute atomic E-state index is 12.0. The van der Waals surface area contributed by atoms with Crippen LogP contribution in [0.4, 0.5) is 13.2 Å². The van der Waals surface area contributed by atoms with Crippen molar-refractivity contribution in [3.63, 3.8) is 0 Å². The van der Waals surface area contributed by atoms with Crippen molar-refractivity contribution in [2.24, 2.45) is 0 Å². The maximum atomic E-state index is 12.0. The summed E-state index contributed by atoms with van der Waals surface area (Å²) in [4.78, 5) is 11.8. The lowest BCUT2D eigenvalue weighted by atomic mass is 10.2. The third kappa shape index (κ3) is 5.66. The molecule has 112 valence electrons. The van der Waals surface area contributed by atoms with Gasteiger partial charge in [-0.15, -0.1) is 24.8 Å². The molecule has 1 atom stereocenters. The summed E-state index contributed by atoms with van der Waals surface area (Å²) in [6.45, 7) is 0.241. The molecule has 4 nitrogen and oxygen atoms in total. The average molecular weight is 312 g/mol. The normalized spacial score (nSPS) is 12.8. The first kappa shape index (κ1) is 16.6. The van der Waals surface area contributed by atoms with E-state index in [4.69, 9.17) is 16.3 Å². The lowest BCUT2D eigenvalue weighted by Gasteiger charge is -2.15.